The van der Waals surface area contributed by atoms with Crippen LogP contribution in [0, 0.1) is 6.92 Å². The fourth-order valence-corrected chi connectivity index (χ4v) is 2.82. The van der Waals surface area contributed by atoms with Crippen molar-refractivity contribution in [2.75, 3.05) is 0 Å². The number of hydrogen-bond acceptors (Lipinski definition) is 3. The van der Waals surface area contributed by atoms with Crippen LogP contribution in [-0.4, -0.2) is 9.97 Å². The average Bonchev–Trinajstić information content (AvgIpc) is 2.31. The first-order valence-corrected chi connectivity index (χ1v) is 7.44. The van der Waals surface area contributed by atoms with Crippen LogP contribution in [0.25, 0.3) is 0 Å². The zero-order chi connectivity index (χ0) is 13.1. The molecule has 0 aliphatic rings. The maximum atomic E-state index is 4.57. The molecule has 1 aromatic heterocycles. The number of aromatic nitrogens is 2. The molecule has 0 aliphatic heterocycles. The molecule has 0 amide bonds. The molecule has 0 fully saturated rings. The van der Waals surface area contributed by atoms with Crippen molar-refractivity contribution in [1.29, 1.82) is 0 Å². The van der Waals surface area contributed by atoms with Gasteiger partial charge in [-0.3, -0.25) is 0 Å². The quantitative estimate of drug-likeness (QED) is 0.757. The molecular formula is C14H15BrN2S. The van der Waals surface area contributed by atoms with E-state index in [2.05, 4.69) is 70.9 Å². The van der Waals surface area contributed by atoms with Crippen molar-refractivity contribution in [3.63, 3.8) is 0 Å². The fourth-order valence-electron chi connectivity index (χ4n) is 1.45. The standard InChI is InChI=1S/C14H15BrN2S/c1-9(2)14-16-12(15)8-13(17-14)18-11-6-4-10(3)5-7-11/h4-9H,1-3H3. The molecule has 2 nitrogen and oxygen atoms in total. The van der Waals surface area contributed by atoms with E-state index in [-0.39, 0.29) is 0 Å². The highest BCUT2D eigenvalue weighted by Crippen LogP contribution is 2.28. The molecule has 94 valence electrons. The lowest BCUT2D eigenvalue weighted by Crippen LogP contribution is -1.98. The molecule has 0 saturated heterocycles. The second-order valence-corrected chi connectivity index (χ2v) is 6.36. The van der Waals surface area contributed by atoms with Crippen LogP contribution in [0.2, 0.25) is 0 Å². The number of hydrogen-bond donors (Lipinski definition) is 0. The molecule has 0 aliphatic carbocycles. The first-order valence-electron chi connectivity index (χ1n) is 5.83. The molecule has 0 unspecified atom stereocenters. The SMILES string of the molecule is Cc1ccc(Sc2cc(Br)nc(C(C)C)n2)cc1. The predicted molar refractivity (Wildman–Crippen MR) is 79.1 cm³/mol. The van der Waals surface area contributed by atoms with E-state index in [0.717, 1.165) is 15.5 Å². The van der Waals surface area contributed by atoms with E-state index < -0.39 is 0 Å². The lowest BCUT2D eigenvalue weighted by atomic mass is 10.2. The lowest BCUT2D eigenvalue weighted by molar-refractivity contribution is 0.748. The Morgan fingerprint density at radius 2 is 1.78 bits per heavy atom. The van der Waals surface area contributed by atoms with Gasteiger partial charge in [-0.05, 0) is 35.0 Å². The Hall–Kier alpha value is -0.870. The summed E-state index contributed by atoms with van der Waals surface area (Å²) in [5, 5.41) is 0.976. The van der Waals surface area contributed by atoms with Crippen molar-refractivity contribution in [1.82, 2.24) is 9.97 Å². The highest BCUT2D eigenvalue weighted by Gasteiger charge is 2.07. The van der Waals surface area contributed by atoms with Gasteiger partial charge < -0.3 is 0 Å². The van der Waals surface area contributed by atoms with Crippen molar-refractivity contribution >= 4 is 27.7 Å². The van der Waals surface area contributed by atoms with Crippen LogP contribution in [0.5, 0.6) is 0 Å². The molecule has 1 aromatic carbocycles. The third-order valence-electron chi connectivity index (χ3n) is 2.45. The Labute approximate surface area is 120 Å². The summed E-state index contributed by atoms with van der Waals surface area (Å²) in [5.74, 6) is 1.21. The topological polar surface area (TPSA) is 25.8 Å². The highest BCUT2D eigenvalue weighted by atomic mass is 79.9. The molecule has 2 rings (SSSR count). The summed E-state index contributed by atoms with van der Waals surface area (Å²) in [6.45, 7) is 6.29. The van der Waals surface area contributed by atoms with Gasteiger partial charge in [-0.2, -0.15) is 0 Å². The first kappa shape index (κ1) is 13.6. The maximum absolute atomic E-state index is 4.57. The molecule has 0 bridgehead atoms. The minimum Gasteiger partial charge on any atom is -0.226 e. The van der Waals surface area contributed by atoms with Gasteiger partial charge in [-0.1, -0.05) is 43.3 Å². The van der Waals surface area contributed by atoms with Gasteiger partial charge in [0.25, 0.3) is 0 Å². The Morgan fingerprint density at radius 3 is 2.39 bits per heavy atom. The zero-order valence-electron chi connectivity index (χ0n) is 10.6. The van der Waals surface area contributed by atoms with Crippen molar-refractivity contribution in [3.05, 3.63) is 46.3 Å². The van der Waals surface area contributed by atoms with E-state index in [1.165, 1.54) is 10.5 Å². The van der Waals surface area contributed by atoms with Gasteiger partial charge in [-0.25, -0.2) is 9.97 Å². The summed E-state index contributed by atoms with van der Waals surface area (Å²) >= 11 is 5.10. The third-order valence-corrected chi connectivity index (χ3v) is 3.78. The van der Waals surface area contributed by atoms with Crippen LogP contribution < -0.4 is 0 Å². The molecule has 0 atom stereocenters. The second kappa shape index (κ2) is 5.85. The maximum Gasteiger partial charge on any atom is 0.133 e. The summed E-state index contributed by atoms with van der Waals surface area (Å²) in [5.41, 5.74) is 1.27. The summed E-state index contributed by atoms with van der Waals surface area (Å²) in [6.07, 6.45) is 0. The zero-order valence-corrected chi connectivity index (χ0v) is 13.0. The van der Waals surface area contributed by atoms with Crippen LogP contribution in [0.3, 0.4) is 0 Å². The van der Waals surface area contributed by atoms with Gasteiger partial charge in [-0.15, -0.1) is 0 Å². The van der Waals surface area contributed by atoms with Crippen LogP contribution >= 0.6 is 27.7 Å². The molecule has 0 radical (unpaired) electrons. The number of halogens is 1. The molecule has 1 heterocycles. The van der Waals surface area contributed by atoms with Gasteiger partial charge in [0.2, 0.25) is 0 Å². The van der Waals surface area contributed by atoms with E-state index in [1.54, 1.807) is 11.8 Å². The van der Waals surface area contributed by atoms with Crippen molar-refractivity contribution in [2.45, 2.75) is 36.6 Å². The Bertz CT molecular complexity index is 538. The van der Waals surface area contributed by atoms with Crippen molar-refractivity contribution in [3.8, 4) is 0 Å². The van der Waals surface area contributed by atoms with E-state index in [9.17, 15) is 0 Å². The summed E-state index contributed by atoms with van der Waals surface area (Å²) in [7, 11) is 0. The van der Waals surface area contributed by atoms with Gasteiger partial charge in [0.15, 0.2) is 0 Å². The number of benzene rings is 1. The predicted octanol–water partition coefficient (Wildman–Crippen LogP) is 4.82. The Balaban J connectivity index is 2.26. The van der Waals surface area contributed by atoms with Gasteiger partial charge in [0, 0.05) is 16.9 Å². The lowest BCUT2D eigenvalue weighted by Gasteiger charge is -2.07. The molecular weight excluding hydrogens is 308 g/mol. The third kappa shape index (κ3) is 3.56. The van der Waals surface area contributed by atoms with Crippen LogP contribution in [0.1, 0.15) is 31.2 Å². The largest absolute Gasteiger partial charge is 0.226 e. The van der Waals surface area contributed by atoms with Crippen LogP contribution in [0.4, 0.5) is 0 Å². The smallest absolute Gasteiger partial charge is 0.133 e. The van der Waals surface area contributed by atoms with Crippen LogP contribution in [-0.2, 0) is 0 Å². The van der Waals surface area contributed by atoms with E-state index in [4.69, 9.17) is 0 Å². The van der Waals surface area contributed by atoms with Gasteiger partial charge >= 0.3 is 0 Å². The van der Waals surface area contributed by atoms with E-state index in [0.29, 0.717) is 5.92 Å². The summed E-state index contributed by atoms with van der Waals surface area (Å²) < 4.78 is 0.843. The highest BCUT2D eigenvalue weighted by molar-refractivity contribution is 9.10. The van der Waals surface area contributed by atoms with Crippen molar-refractivity contribution in [2.24, 2.45) is 0 Å². The Morgan fingerprint density at radius 1 is 1.11 bits per heavy atom. The number of rotatable bonds is 3. The Kier molecular flexibility index (Phi) is 4.40. The van der Waals surface area contributed by atoms with Crippen LogP contribution in [0.15, 0.2) is 44.9 Å². The van der Waals surface area contributed by atoms with E-state index >= 15 is 0 Å². The molecule has 2 aromatic rings. The summed E-state index contributed by atoms with van der Waals surface area (Å²) in [6, 6.07) is 10.4. The van der Waals surface area contributed by atoms with Gasteiger partial charge in [0.05, 0.1) is 0 Å². The minimum atomic E-state index is 0.333. The number of aryl methyl sites for hydroxylation is 1. The fraction of sp³-hybridized carbons (Fsp3) is 0.286. The molecule has 0 N–H and O–H groups in total. The molecule has 4 heteroatoms. The summed E-state index contributed by atoms with van der Waals surface area (Å²) in [4.78, 5) is 10.1. The number of nitrogens with zero attached hydrogens (tertiary/aromatic N) is 2. The van der Waals surface area contributed by atoms with Crippen molar-refractivity contribution < 1.29 is 0 Å². The average molecular weight is 323 g/mol. The monoisotopic (exact) mass is 322 g/mol. The molecule has 18 heavy (non-hydrogen) atoms. The second-order valence-electron chi connectivity index (χ2n) is 4.46. The van der Waals surface area contributed by atoms with E-state index in [1.807, 2.05) is 6.07 Å². The van der Waals surface area contributed by atoms with Gasteiger partial charge in [0.1, 0.15) is 15.5 Å². The molecule has 0 saturated carbocycles. The molecule has 0 spiro atoms. The minimum absolute atomic E-state index is 0.333. The first-order chi connectivity index (χ1) is 8.54. The normalized spacial score (nSPS) is 10.9.